The smallest absolute Gasteiger partial charge is 0.0485 e. The number of pyridine rings is 1. The maximum atomic E-state index is 6.00. The monoisotopic (exact) mass is 261 g/mol. The molecule has 3 nitrogen and oxygen atoms in total. The summed E-state index contributed by atoms with van der Waals surface area (Å²) in [6.45, 7) is 7.36. The molecule has 1 atom stereocenters. The fraction of sp³-hybridized carbons (Fsp3) is 0.688. The zero-order valence-corrected chi connectivity index (χ0v) is 12.3. The van der Waals surface area contributed by atoms with Gasteiger partial charge in [-0.25, -0.2) is 0 Å². The molecule has 0 amide bonds. The number of likely N-dealkylation sites (tertiary alicyclic amines) is 1. The van der Waals surface area contributed by atoms with Crippen LogP contribution in [0.3, 0.4) is 0 Å². The van der Waals surface area contributed by atoms with Gasteiger partial charge < -0.3 is 5.73 Å². The molecule has 0 aliphatic carbocycles. The molecular formula is C16H27N3. The van der Waals surface area contributed by atoms with Crippen molar-refractivity contribution in [3.05, 3.63) is 29.6 Å². The third kappa shape index (κ3) is 3.77. The Morgan fingerprint density at radius 2 is 2.11 bits per heavy atom. The van der Waals surface area contributed by atoms with Crippen molar-refractivity contribution in [1.29, 1.82) is 0 Å². The average molecular weight is 261 g/mol. The SMILES string of the molecule is CCCC1CCN(C(CN)c2ccc(C)nc2)CC1. The topological polar surface area (TPSA) is 42.1 Å². The predicted octanol–water partition coefficient (Wildman–Crippen LogP) is 2.90. The fourth-order valence-electron chi connectivity index (χ4n) is 3.13. The standard InChI is InChI=1S/C16H27N3/c1-3-4-14-7-9-19(10-8-14)16(11-17)15-6-5-13(2)18-12-15/h5-6,12,14,16H,3-4,7-11,17H2,1-2H3. The molecule has 0 radical (unpaired) electrons. The molecule has 1 aliphatic heterocycles. The van der Waals surface area contributed by atoms with Gasteiger partial charge in [-0.3, -0.25) is 9.88 Å². The lowest BCUT2D eigenvalue weighted by molar-refractivity contribution is 0.131. The summed E-state index contributed by atoms with van der Waals surface area (Å²) in [6, 6.07) is 4.61. The Hall–Kier alpha value is -0.930. The van der Waals surface area contributed by atoms with Crippen LogP contribution in [0.5, 0.6) is 0 Å². The van der Waals surface area contributed by atoms with Crippen molar-refractivity contribution in [1.82, 2.24) is 9.88 Å². The van der Waals surface area contributed by atoms with E-state index in [1.807, 2.05) is 13.1 Å². The van der Waals surface area contributed by atoms with E-state index in [0.717, 1.165) is 11.6 Å². The highest BCUT2D eigenvalue weighted by Crippen LogP contribution is 2.28. The van der Waals surface area contributed by atoms with E-state index < -0.39 is 0 Å². The van der Waals surface area contributed by atoms with E-state index >= 15 is 0 Å². The third-order valence-corrected chi connectivity index (χ3v) is 4.33. The Balaban J connectivity index is 1.97. The zero-order chi connectivity index (χ0) is 13.7. The second-order valence-corrected chi connectivity index (χ2v) is 5.75. The third-order valence-electron chi connectivity index (χ3n) is 4.33. The van der Waals surface area contributed by atoms with E-state index in [1.54, 1.807) is 0 Å². The molecule has 0 bridgehead atoms. The van der Waals surface area contributed by atoms with Crippen molar-refractivity contribution in [3.63, 3.8) is 0 Å². The van der Waals surface area contributed by atoms with Gasteiger partial charge in [0.1, 0.15) is 0 Å². The Labute approximate surface area is 117 Å². The molecule has 2 N–H and O–H groups in total. The predicted molar refractivity (Wildman–Crippen MR) is 80.0 cm³/mol. The summed E-state index contributed by atoms with van der Waals surface area (Å²) < 4.78 is 0. The van der Waals surface area contributed by atoms with Gasteiger partial charge in [0, 0.05) is 24.5 Å². The van der Waals surface area contributed by atoms with Crippen LogP contribution in [0.4, 0.5) is 0 Å². The van der Waals surface area contributed by atoms with E-state index in [1.165, 1.54) is 44.3 Å². The van der Waals surface area contributed by atoms with E-state index in [9.17, 15) is 0 Å². The first kappa shape index (κ1) is 14.5. The first-order valence-electron chi connectivity index (χ1n) is 7.61. The molecule has 0 saturated carbocycles. The van der Waals surface area contributed by atoms with Crippen LogP contribution in [-0.4, -0.2) is 29.5 Å². The number of piperidine rings is 1. The number of nitrogens with two attached hydrogens (primary N) is 1. The molecule has 1 aromatic heterocycles. The minimum absolute atomic E-state index is 0.343. The molecule has 106 valence electrons. The summed E-state index contributed by atoms with van der Waals surface area (Å²) in [4.78, 5) is 6.95. The molecule has 0 spiro atoms. The minimum atomic E-state index is 0.343. The van der Waals surface area contributed by atoms with Gasteiger partial charge in [-0.15, -0.1) is 0 Å². The molecule has 1 aliphatic rings. The summed E-state index contributed by atoms with van der Waals surface area (Å²) in [6.07, 6.45) is 7.33. The summed E-state index contributed by atoms with van der Waals surface area (Å²) in [7, 11) is 0. The van der Waals surface area contributed by atoms with Gasteiger partial charge in [0.25, 0.3) is 0 Å². The van der Waals surface area contributed by atoms with Crippen LogP contribution >= 0.6 is 0 Å². The summed E-state index contributed by atoms with van der Waals surface area (Å²) >= 11 is 0. The van der Waals surface area contributed by atoms with E-state index in [0.29, 0.717) is 12.6 Å². The maximum absolute atomic E-state index is 6.00. The normalized spacial score (nSPS) is 19.5. The number of aromatic nitrogens is 1. The largest absolute Gasteiger partial charge is 0.329 e. The van der Waals surface area contributed by atoms with Gasteiger partial charge >= 0.3 is 0 Å². The highest BCUT2D eigenvalue weighted by atomic mass is 15.2. The first-order valence-corrected chi connectivity index (χ1v) is 7.61. The molecular weight excluding hydrogens is 234 g/mol. The molecule has 1 aromatic rings. The van der Waals surface area contributed by atoms with Crippen LogP contribution in [0.25, 0.3) is 0 Å². The van der Waals surface area contributed by atoms with Crippen molar-refractivity contribution in [3.8, 4) is 0 Å². The molecule has 19 heavy (non-hydrogen) atoms. The fourth-order valence-corrected chi connectivity index (χ4v) is 3.13. The minimum Gasteiger partial charge on any atom is -0.329 e. The molecule has 1 fully saturated rings. The lowest BCUT2D eigenvalue weighted by atomic mass is 9.91. The Bertz CT molecular complexity index is 366. The molecule has 0 aromatic carbocycles. The highest BCUT2D eigenvalue weighted by molar-refractivity contribution is 5.18. The second kappa shape index (κ2) is 7.01. The van der Waals surface area contributed by atoms with Gasteiger partial charge in [0.15, 0.2) is 0 Å². The number of hydrogen-bond acceptors (Lipinski definition) is 3. The van der Waals surface area contributed by atoms with E-state index in [2.05, 4.69) is 28.9 Å². The van der Waals surface area contributed by atoms with Gasteiger partial charge in [-0.1, -0.05) is 25.8 Å². The van der Waals surface area contributed by atoms with Crippen molar-refractivity contribution < 1.29 is 0 Å². The van der Waals surface area contributed by atoms with Crippen molar-refractivity contribution in [2.45, 2.75) is 45.6 Å². The van der Waals surface area contributed by atoms with Crippen LogP contribution in [0.15, 0.2) is 18.3 Å². The maximum Gasteiger partial charge on any atom is 0.0485 e. The molecule has 1 unspecified atom stereocenters. The number of hydrogen-bond donors (Lipinski definition) is 1. The van der Waals surface area contributed by atoms with Crippen LogP contribution in [0.2, 0.25) is 0 Å². The van der Waals surface area contributed by atoms with Gasteiger partial charge in [0.05, 0.1) is 0 Å². The highest BCUT2D eigenvalue weighted by Gasteiger charge is 2.24. The Morgan fingerprint density at radius 3 is 2.63 bits per heavy atom. The lowest BCUT2D eigenvalue weighted by Gasteiger charge is -2.37. The van der Waals surface area contributed by atoms with E-state index in [4.69, 9.17) is 5.73 Å². The average Bonchev–Trinajstić information content (AvgIpc) is 2.44. The zero-order valence-electron chi connectivity index (χ0n) is 12.3. The molecule has 2 rings (SSSR count). The van der Waals surface area contributed by atoms with Crippen molar-refractivity contribution >= 4 is 0 Å². The molecule has 1 saturated heterocycles. The second-order valence-electron chi connectivity index (χ2n) is 5.75. The summed E-state index contributed by atoms with van der Waals surface area (Å²) in [5, 5.41) is 0. The van der Waals surface area contributed by atoms with Gasteiger partial charge in [0.2, 0.25) is 0 Å². The molecule has 2 heterocycles. The van der Waals surface area contributed by atoms with E-state index in [-0.39, 0.29) is 0 Å². The van der Waals surface area contributed by atoms with Crippen LogP contribution < -0.4 is 5.73 Å². The summed E-state index contributed by atoms with van der Waals surface area (Å²) in [5.74, 6) is 0.927. The number of aryl methyl sites for hydroxylation is 1. The number of rotatable bonds is 5. The lowest BCUT2D eigenvalue weighted by Crippen LogP contribution is -2.39. The van der Waals surface area contributed by atoms with Gasteiger partial charge in [-0.05, 0) is 50.4 Å². The Morgan fingerprint density at radius 1 is 1.37 bits per heavy atom. The van der Waals surface area contributed by atoms with Crippen molar-refractivity contribution in [2.75, 3.05) is 19.6 Å². The van der Waals surface area contributed by atoms with Crippen LogP contribution in [0.1, 0.15) is 49.9 Å². The number of nitrogens with zero attached hydrogens (tertiary/aromatic N) is 2. The van der Waals surface area contributed by atoms with Crippen LogP contribution in [-0.2, 0) is 0 Å². The quantitative estimate of drug-likeness (QED) is 0.886. The molecule has 3 heteroatoms. The van der Waals surface area contributed by atoms with Crippen LogP contribution in [0, 0.1) is 12.8 Å². The van der Waals surface area contributed by atoms with Gasteiger partial charge in [-0.2, -0.15) is 0 Å². The first-order chi connectivity index (χ1) is 9.24. The summed E-state index contributed by atoms with van der Waals surface area (Å²) in [5.41, 5.74) is 8.33. The van der Waals surface area contributed by atoms with Crippen molar-refractivity contribution in [2.24, 2.45) is 11.7 Å². The Kier molecular flexibility index (Phi) is 5.34.